The van der Waals surface area contributed by atoms with E-state index in [2.05, 4.69) is 19.2 Å². The van der Waals surface area contributed by atoms with Crippen LogP contribution >= 0.6 is 0 Å². The van der Waals surface area contributed by atoms with E-state index < -0.39 is 0 Å². The van der Waals surface area contributed by atoms with E-state index >= 15 is 0 Å². The van der Waals surface area contributed by atoms with Crippen LogP contribution < -0.4 is 5.32 Å². The van der Waals surface area contributed by atoms with Gasteiger partial charge in [-0.1, -0.05) is 26.7 Å². The molecule has 0 aromatic carbocycles. The topological polar surface area (TPSA) is 50.8 Å². The van der Waals surface area contributed by atoms with Gasteiger partial charge in [0, 0.05) is 20.1 Å². The minimum atomic E-state index is -0.315. The lowest BCUT2D eigenvalue weighted by molar-refractivity contribution is -0.135. The molecule has 5 heteroatoms. The second kappa shape index (κ2) is 6.87. The Bertz CT molecular complexity index is 329. The second-order valence-electron chi connectivity index (χ2n) is 5.94. The van der Waals surface area contributed by atoms with Crippen LogP contribution in [0.25, 0.3) is 0 Å². The van der Waals surface area contributed by atoms with E-state index in [1.54, 1.807) is 7.11 Å². The Hall–Kier alpha value is -0.650. The van der Waals surface area contributed by atoms with Crippen LogP contribution in [0.3, 0.4) is 0 Å². The van der Waals surface area contributed by atoms with Crippen LogP contribution in [-0.2, 0) is 14.3 Å². The van der Waals surface area contributed by atoms with Crippen molar-refractivity contribution >= 4 is 5.91 Å². The van der Waals surface area contributed by atoms with Crippen molar-refractivity contribution in [1.82, 2.24) is 10.2 Å². The zero-order valence-corrected chi connectivity index (χ0v) is 13.0. The third kappa shape index (κ3) is 3.15. The lowest BCUT2D eigenvalue weighted by Crippen LogP contribution is -2.49. The highest BCUT2D eigenvalue weighted by molar-refractivity contribution is 5.84. The molecule has 2 aliphatic rings. The van der Waals surface area contributed by atoms with Gasteiger partial charge in [0.1, 0.15) is 5.60 Å². The van der Waals surface area contributed by atoms with E-state index in [1.165, 1.54) is 0 Å². The summed E-state index contributed by atoms with van der Waals surface area (Å²) in [6, 6.07) is -0.0175. The third-order valence-corrected chi connectivity index (χ3v) is 4.54. The first-order valence-electron chi connectivity index (χ1n) is 7.85. The number of carbonyl (C=O) groups excluding carboxylic acids is 1. The molecule has 20 heavy (non-hydrogen) atoms. The number of rotatable bonds is 7. The molecule has 1 amide bonds. The van der Waals surface area contributed by atoms with Crippen LogP contribution in [0.4, 0.5) is 0 Å². The molecular formula is C15H28N2O3. The number of ether oxygens (including phenoxy) is 2. The van der Waals surface area contributed by atoms with Crippen molar-refractivity contribution in [2.45, 2.75) is 63.8 Å². The van der Waals surface area contributed by atoms with Crippen molar-refractivity contribution in [2.75, 3.05) is 26.9 Å². The summed E-state index contributed by atoms with van der Waals surface area (Å²) in [5.74, 6) is 0.230. The van der Waals surface area contributed by atoms with Crippen LogP contribution in [-0.4, -0.2) is 55.5 Å². The average molecular weight is 284 g/mol. The van der Waals surface area contributed by atoms with Crippen LogP contribution in [0.5, 0.6) is 0 Å². The monoisotopic (exact) mass is 284 g/mol. The number of hydrogen-bond donors (Lipinski definition) is 1. The van der Waals surface area contributed by atoms with Gasteiger partial charge >= 0.3 is 0 Å². The van der Waals surface area contributed by atoms with Crippen molar-refractivity contribution in [3.63, 3.8) is 0 Å². The quantitative estimate of drug-likeness (QED) is 0.770. The average Bonchev–Trinajstić information content (AvgIpc) is 3.05. The molecular weight excluding hydrogens is 256 g/mol. The third-order valence-electron chi connectivity index (χ3n) is 4.54. The molecule has 0 aliphatic carbocycles. The Balaban J connectivity index is 2.02. The smallest absolute Gasteiger partial charge is 0.241 e. The molecule has 0 radical (unpaired) electrons. The number of unbranched alkanes of at least 4 members (excludes halogenated alkanes) is 1. The number of carbonyl (C=O) groups is 1. The molecule has 2 fully saturated rings. The Morgan fingerprint density at radius 3 is 2.85 bits per heavy atom. The summed E-state index contributed by atoms with van der Waals surface area (Å²) in [5, 5.41) is 3.47. The van der Waals surface area contributed by atoms with Crippen molar-refractivity contribution in [1.29, 1.82) is 0 Å². The van der Waals surface area contributed by atoms with E-state index in [-0.39, 0.29) is 23.7 Å². The summed E-state index contributed by atoms with van der Waals surface area (Å²) in [7, 11) is 1.72. The predicted octanol–water partition coefficient (Wildman–Crippen LogP) is 1.52. The van der Waals surface area contributed by atoms with Gasteiger partial charge in [0.2, 0.25) is 5.91 Å². The number of nitrogens with one attached hydrogen (secondary N) is 1. The maximum absolute atomic E-state index is 12.6. The molecule has 0 spiro atoms. The van der Waals surface area contributed by atoms with Crippen molar-refractivity contribution in [3.8, 4) is 0 Å². The summed E-state index contributed by atoms with van der Waals surface area (Å²) in [4.78, 5) is 14.6. The van der Waals surface area contributed by atoms with Crippen molar-refractivity contribution in [3.05, 3.63) is 0 Å². The first-order valence-corrected chi connectivity index (χ1v) is 7.85. The fraction of sp³-hybridized carbons (Fsp3) is 0.933. The van der Waals surface area contributed by atoms with Gasteiger partial charge in [0.25, 0.3) is 0 Å². The molecule has 3 atom stereocenters. The molecule has 0 bridgehead atoms. The summed E-state index contributed by atoms with van der Waals surface area (Å²) >= 11 is 0. The minimum absolute atomic E-state index is 0.0175. The molecule has 2 aliphatic heterocycles. The summed E-state index contributed by atoms with van der Waals surface area (Å²) in [6.07, 6.45) is 5.07. The zero-order chi connectivity index (χ0) is 14.6. The highest BCUT2D eigenvalue weighted by atomic mass is 16.5. The Morgan fingerprint density at radius 1 is 1.50 bits per heavy atom. The van der Waals surface area contributed by atoms with Gasteiger partial charge in [-0.15, -0.1) is 0 Å². The second-order valence-corrected chi connectivity index (χ2v) is 5.94. The van der Waals surface area contributed by atoms with E-state index in [9.17, 15) is 4.79 Å². The molecule has 1 N–H and O–H groups in total. The van der Waals surface area contributed by atoms with Crippen molar-refractivity contribution in [2.24, 2.45) is 0 Å². The highest BCUT2D eigenvalue weighted by Gasteiger charge is 2.44. The summed E-state index contributed by atoms with van der Waals surface area (Å²) in [5.41, 5.74) is -0.315. The van der Waals surface area contributed by atoms with Crippen LogP contribution in [0.2, 0.25) is 0 Å². The molecule has 5 nitrogen and oxygen atoms in total. The van der Waals surface area contributed by atoms with Gasteiger partial charge in [0.15, 0.2) is 0 Å². The predicted molar refractivity (Wildman–Crippen MR) is 77.4 cm³/mol. The normalized spacial score (nSPS) is 34.1. The standard InChI is InChI=1S/C15H28N2O3/c1-4-6-7-12-14(18)17(13(5-2)16-12)10-15(19-3)8-9-20-11-15/h12-13,16H,4-11H2,1-3H3. The van der Waals surface area contributed by atoms with E-state index in [4.69, 9.17) is 9.47 Å². The van der Waals surface area contributed by atoms with E-state index in [1.807, 2.05) is 4.90 Å². The van der Waals surface area contributed by atoms with Crippen molar-refractivity contribution < 1.29 is 14.3 Å². The Morgan fingerprint density at radius 2 is 2.30 bits per heavy atom. The van der Waals surface area contributed by atoms with Gasteiger partial charge < -0.3 is 14.4 Å². The van der Waals surface area contributed by atoms with Crippen LogP contribution in [0.1, 0.15) is 46.0 Å². The molecule has 0 aromatic rings. The zero-order valence-electron chi connectivity index (χ0n) is 13.0. The lowest BCUT2D eigenvalue weighted by Gasteiger charge is -2.33. The van der Waals surface area contributed by atoms with Crippen LogP contribution in [0, 0.1) is 0 Å². The SMILES string of the molecule is CCCCC1NC(CC)N(CC2(OC)CCOC2)C1=O. The van der Waals surface area contributed by atoms with Gasteiger partial charge in [-0.3, -0.25) is 10.1 Å². The fourth-order valence-electron chi connectivity index (χ4n) is 3.14. The van der Waals surface area contributed by atoms with E-state index in [0.717, 1.165) is 38.7 Å². The Kier molecular flexibility index (Phi) is 5.41. The molecule has 2 heterocycles. The number of hydrogen-bond acceptors (Lipinski definition) is 4. The van der Waals surface area contributed by atoms with Gasteiger partial charge in [-0.2, -0.15) is 0 Å². The minimum Gasteiger partial charge on any atom is -0.378 e. The lowest BCUT2D eigenvalue weighted by atomic mass is 10.0. The van der Waals surface area contributed by atoms with Gasteiger partial charge in [-0.25, -0.2) is 0 Å². The maximum atomic E-state index is 12.6. The molecule has 0 aromatic heterocycles. The highest BCUT2D eigenvalue weighted by Crippen LogP contribution is 2.27. The fourth-order valence-corrected chi connectivity index (χ4v) is 3.14. The summed E-state index contributed by atoms with van der Waals surface area (Å²) < 4.78 is 11.1. The number of nitrogens with zero attached hydrogens (tertiary/aromatic N) is 1. The van der Waals surface area contributed by atoms with Gasteiger partial charge in [-0.05, 0) is 12.8 Å². The molecule has 2 rings (SSSR count). The van der Waals surface area contributed by atoms with Gasteiger partial charge in [0.05, 0.1) is 25.4 Å². The number of amides is 1. The van der Waals surface area contributed by atoms with Crippen LogP contribution in [0.15, 0.2) is 0 Å². The van der Waals surface area contributed by atoms with E-state index in [0.29, 0.717) is 13.2 Å². The largest absolute Gasteiger partial charge is 0.378 e. The first-order chi connectivity index (χ1) is 9.65. The number of methoxy groups -OCH3 is 1. The molecule has 0 saturated carbocycles. The summed E-state index contributed by atoms with van der Waals surface area (Å²) in [6.45, 7) is 6.22. The maximum Gasteiger partial charge on any atom is 0.241 e. The Labute approximate surface area is 122 Å². The first kappa shape index (κ1) is 15.7. The molecule has 2 saturated heterocycles. The molecule has 116 valence electrons. The molecule has 3 unspecified atom stereocenters.